The third kappa shape index (κ3) is 5.59. The molecular formula is C20H24N4O3. The van der Waals surface area contributed by atoms with E-state index >= 15 is 0 Å². The van der Waals surface area contributed by atoms with Gasteiger partial charge in [-0.05, 0) is 12.0 Å². The second kappa shape index (κ2) is 9.78. The summed E-state index contributed by atoms with van der Waals surface area (Å²) in [6.45, 7) is 3.25. The van der Waals surface area contributed by atoms with Crippen LogP contribution in [0, 0.1) is 0 Å². The number of benzene rings is 1. The standard InChI is InChI=1S/C20H24N4O3/c25-19(23-12-14-27-15-13-23)7-11-24(10-6-17-4-2-1-3-5-17)20(26)18-16-21-8-9-22-18/h1-5,8-9,16H,6-7,10-15H2. The van der Waals surface area contributed by atoms with Crippen molar-refractivity contribution < 1.29 is 14.3 Å². The number of hydrogen-bond acceptors (Lipinski definition) is 5. The Bertz CT molecular complexity index is 733. The van der Waals surface area contributed by atoms with Crippen molar-refractivity contribution in [3.63, 3.8) is 0 Å². The number of amides is 2. The van der Waals surface area contributed by atoms with E-state index < -0.39 is 0 Å². The number of morpholine rings is 1. The maximum Gasteiger partial charge on any atom is 0.274 e. The van der Waals surface area contributed by atoms with Gasteiger partial charge in [0.25, 0.3) is 5.91 Å². The predicted octanol–water partition coefficient (Wildman–Crippen LogP) is 1.41. The first-order valence-corrected chi connectivity index (χ1v) is 9.19. The summed E-state index contributed by atoms with van der Waals surface area (Å²) >= 11 is 0. The molecule has 0 bridgehead atoms. The van der Waals surface area contributed by atoms with E-state index in [0.717, 1.165) is 12.0 Å². The molecule has 1 aromatic heterocycles. The summed E-state index contributed by atoms with van der Waals surface area (Å²) in [6, 6.07) is 9.99. The fourth-order valence-electron chi connectivity index (χ4n) is 3.00. The van der Waals surface area contributed by atoms with Gasteiger partial charge >= 0.3 is 0 Å². The third-order valence-corrected chi connectivity index (χ3v) is 4.54. The molecule has 142 valence electrons. The molecule has 0 N–H and O–H groups in total. The molecule has 27 heavy (non-hydrogen) atoms. The molecule has 2 amide bonds. The summed E-state index contributed by atoms with van der Waals surface area (Å²) in [5, 5.41) is 0. The third-order valence-electron chi connectivity index (χ3n) is 4.54. The number of rotatable bonds is 7. The number of nitrogens with zero attached hydrogens (tertiary/aromatic N) is 4. The Morgan fingerprint density at radius 2 is 1.85 bits per heavy atom. The molecule has 7 nitrogen and oxygen atoms in total. The Morgan fingerprint density at radius 3 is 2.56 bits per heavy atom. The SMILES string of the molecule is O=C(CCN(CCc1ccccc1)C(=O)c1cnccn1)N1CCOCC1. The Hall–Kier alpha value is -2.80. The minimum Gasteiger partial charge on any atom is -0.378 e. The van der Waals surface area contributed by atoms with Gasteiger partial charge in [-0.1, -0.05) is 30.3 Å². The highest BCUT2D eigenvalue weighted by atomic mass is 16.5. The zero-order chi connectivity index (χ0) is 18.9. The van der Waals surface area contributed by atoms with Crippen LogP contribution in [0.15, 0.2) is 48.9 Å². The molecular weight excluding hydrogens is 344 g/mol. The Morgan fingerprint density at radius 1 is 1.07 bits per heavy atom. The maximum absolute atomic E-state index is 12.8. The van der Waals surface area contributed by atoms with E-state index in [2.05, 4.69) is 9.97 Å². The molecule has 1 aliphatic heterocycles. The lowest BCUT2D eigenvalue weighted by Crippen LogP contribution is -2.43. The van der Waals surface area contributed by atoms with Gasteiger partial charge in [0.2, 0.25) is 5.91 Å². The van der Waals surface area contributed by atoms with Gasteiger partial charge in [-0.2, -0.15) is 0 Å². The summed E-state index contributed by atoms with van der Waals surface area (Å²) in [5.41, 5.74) is 1.44. The zero-order valence-electron chi connectivity index (χ0n) is 15.3. The van der Waals surface area contributed by atoms with Gasteiger partial charge in [-0.3, -0.25) is 14.6 Å². The summed E-state index contributed by atoms with van der Waals surface area (Å²) in [4.78, 5) is 36.8. The highest BCUT2D eigenvalue weighted by Crippen LogP contribution is 2.08. The van der Waals surface area contributed by atoms with E-state index in [4.69, 9.17) is 4.74 Å². The van der Waals surface area contributed by atoms with Crippen LogP contribution in [0.1, 0.15) is 22.5 Å². The quantitative estimate of drug-likeness (QED) is 0.739. The van der Waals surface area contributed by atoms with Crippen LogP contribution in [0.2, 0.25) is 0 Å². The number of aromatic nitrogens is 2. The van der Waals surface area contributed by atoms with E-state index in [1.54, 1.807) is 9.80 Å². The zero-order valence-corrected chi connectivity index (χ0v) is 15.3. The van der Waals surface area contributed by atoms with Crippen LogP contribution in [0.4, 0.5) is 0 Å². The van der Waals surface area contributed by atoms with Crippen LogP contribution in [0.25, 0.3) is 0 Å². The van der Waals surface area contributed by atoms with Gasteiger partial charge < -0.3 is 14.5 Å². The van der Waals surface area contributed by atoms with Crippen LogP contribution in [-0.2, 0) is 16.0 Å². The van der Waals surface area contributed by atoms with Crippen LogP contribution in [-0.4, -0.2) is 71.0 Å². The van der Waals surface area contributed by atoms with Gasteiger partial charge in [0, 0.05) is 45.0 Å². The van der Waals surface area contributed by atoms with Gasteiger partial charge in [-0.25, -0.2) is 4.98 Å². The molecule has 1 aromatic carbocycles. The summed E-state index contributed by atoms with van der Waals surface area (Å²) in [7, 11) is 0. The average Bonchev–Trinajstić information content (AvgIpc) is 2.75. The predicted molar refractivity (Wildman–Crippen MR) is 100 cm³/mol. The highest BCUT2D eigenvalue weighted by molar-refractivity contribution is 5.92. The van der Waals surface area contributed by atoms with Gasteiger partial charge in [0.1, 0.15) is 5.69 Å². The van der Waals surface area contributed by atoms with Crippen molar-refractivity contribution in [1.29, 1.82) is 0 Å². The first kappa shape index (κ1) is 19.0. The monoisotopic (exact) mass is 368 g/mol. The van der Waals surface area contributed by atoms with Crippen molar-refractivity contribution in [2.45, 2.75) is 12.8 Å². The van der Waals surface area contributed by atoms with Crippen molar-refractivity contribution in [2.24, 2.45) is 0 Å². The second-order valence-electron chi connectivity index (χ2n) is 6.36. The molecule has 0 spiro atoms. The lowest BCUT2D eigenvalue weighted by molar-refractivity contribution is -0.135. The van der Waals surface area contributed by atoms with Crippen molar-refractivity contribution in [1.82, 2.24) is 19.8 Å². The number of hydrogen-bond donors (Lipinski definition) is 0. The summed E-state index contributed by atoms with van der Waals surface area (Å²) < 4.78 is 5.29. The Labute approximate surface area is 159 Å². The molecule has 3 rings (SSSR count). The van der Waals surface area contributed by atoms with Gasteiger partial charge in [0.05, 0.1) is 19.4 Å². The molecule has 0 aliphatic carbocycles. The summed E-state index contributed by atoms with van der Waals surface area (Å²) in [5.74, 6) is -0.149. The fraction of sp³-hybridized carbons (Fsp3) is 0.400. The lowest BCUT2D eigenvalue weighted by atomic mass is 10.1. The van der Waals surface area contributed by atoms with Gasteiger partial charge in [-0.15, -0.1) is 0 Å². The fourth-order valence-corrected chi connectivity index (χ4v) is 3.00. The maximum atomic E-state index is 12.8. The van der Waals surface area contributed by atoms with Crippen molar-refractivity contribution in [3.05, 3.63) is 60.2 Å². The largest absolute Gasteiger partial charge is 0.378 e. The smallest absolute Gasteiger partial charge is 0.274 e. The average molecular weight is 368 g/mol. The van der Waals surface area contributed by atoms with E-state index in [9.17, 15) is 9.59 Å². The molecule has 7 heteroatoms. The number of carbonyl (C=O) groups is 2. The minimum absolute atomic E-state index is 0.0509. The molecule has 1 saturated heterocycles. The van der Waals surface area contributed by atoms with Crippen molar-refractivity contribution >= 4 is 11.8 Å². The van der Waals surface area contributed by atoms with Crippen LogP contribution in [0.5, 0.6) is 0 Å². The van der Waals surface area contributed by atoms with Crippen LogP contribution in [0.3, 0.4) is 0 Å². The second-order valence-corrected chi connectivity index (χ2v) is 6.36. The molecule has 1 fully saturated rings. The first-order valence-electron chi connectivity index (χ1n) is 9.19. The first-order chi connectivity index (χ1) is 13.2. The molecule has 0 radical (unpaired) electrons. The minimum atomic E-state index is -0.200. The van der Waals surface area contributed by atoms with E-state index in [0.29, 0.717) is 51.5 Å². The molecule has 0 saturated carbocycles. The molecule has 0 unspecified atom stereocenters. The summed E-state index contributed by atoms with van der Waals surface area (Å²) in [6.07, 6.45) is 5.51. The molecule has 0 atom stereocenters. The Balaban J connectivity index is 1.63. The van der Waals surface area contributed by atoms with Crippen molar-refractivity contribution in [3.8, 4) is 0 Å². The molecule has 2 heterocycles. The van der Waals surface area contributed by atoms with Gasteiger partial charge in [0.15, 0.2) is 0 Å². The normalized spacial score (nSPS) is 14.0. The Kier molecular flexibility index (Phi) is 6.87. The van der Waals surface area contributed by atoms with Crippen molar-refractivity contribution in [2.75, 3.05) is 39.4 Å². The topological polar surface area (TPSA) is 75.6 Å². The van der Waals surface area contributed by atoms with E-state index in [-0.39, 0.29) is 11.8 Å². The molecule has 1 aliphatic rings. The number of carbonyl (C=O) groups excluding carboxylic acids is 2. The number of ether oxygens (including phenoxy) is 1. The lowest BCUT2D eigenvalue weighted by Gasteiger charge is -2.28. The molecule has 2 aromatic rings. The van der Waals surface area contributed by atoms with E-state index in [1.165, 1.54) is 18.6 Å². The van der Waals surface area contributed by atoms with E-state index in [1.807, 2.05) is 30.3 Å². The highest BCUT2D eigenvalue weighted by Gasteiger charge is 2.21. The van der Waals surface area contributed by atoms with Crippen LogP contribution < -0.4 is 0 Å². The van der Waals surface area contributed by atoms with Crippen LogP contribution >= 0.6 is 0 Å².